The molecule has 1 amide bonds. The highest BCUT2D eigenvalue weighted by Gasteiger charge is 2.57. The molecule has 1 aliphatic heterocycles. The summed E-state index contributed by atoms with van der Waals surface area (Å²) >= 11 is 0. The molecular formula is C19H19NO3. The van der Waals surface area contributed by atoms with E-state index in [1.807, 2.05) is 41.3 Å². The Morgan fingerprint density at radius 3 is 2.57 bits per heavy atom. The molecule has 4 rings (SSSR count). The Morgan fingerprint density at radius 2 is 1.87 bits per heavy atom. The average molecular weight is 309 g/mol. The molecule has 0 radical (unpaired) electrons. The van der Waals surface area contributed by atoms with E-state index in [1.54, 1.807) is 14.2 Å². The molecule has 2 aromatic carbocycles. The summed E-state index contributed by atoms with van der Waals surface area (Å²) in [4.78, 5) is 14.8. The van der Waals surface area contributed by atoms with E-state index in [4.69, 9.17) is 9.47 Å². The van der Waals surface area contributed by atoms with Crippen LogP contribution < -0.4 is 9.47 Å². The number of nitrogens with zero attached hydrogens (tertiary/aromatic N) is 1. The molecule has 1 saturated carbocycles. The van der Waals surface area contributed by atoms with Crippen molar-refractivity contribution in [1.82, 2.24) is 4.90 Å². The van der Waals surface area contributed by atoms with Gasteiger partial charge in [0.1, 0.15) is 11.5 Å². The van der Waals surface area contributed by atoms with Gasteiger partial charge in [-0.1, -0.05) is 18.2 Å². The normalized spacial score (nSPS) is 17.3. The first-order chi connectivity index (χ1) is 11.2. The third kappa shape index (κ3) is 2.01. The number of benzene rings is 2. The van der Waals surface area contributed by atoms with Gasteiger partial charge in [-0.2, -0.15) is 0 Å². The molecule has 1 heterocycles. The highest BCUT2D eigenvalue weighted by molar-refractivity contribution is 6.00. The fraction of sp³-hybridized carbons (Fsp3) is 0.316. The fourth-order valence-electron chi connectivity index (χ4n) is 3.59. The summed E-state index contributed by atoms with van der Waals surface area (Å²) in [6.45, 7) is 0.556. The van der Waals surface area contributed by atoms with Crippen LogP contribution in [0.15, 0.2) is 42.5 Å². The lowest BCUT2D eigenvalue weighted by Crippen LogP contribution is -2.33. The zero-order valence-electron chi connectivity index (χ0n) is 13.3. The minimum Gasteiger partial charge on any atom is -0.497 e. The molecule has 0 aromatic heterocycles. The first-order valence-electron chi connectivity index (χ1n) is 7.82. The predicted octanol–water partition coefficient (Wildman–Crippen LogP) is 3.35. The Balaban J connectivity index is 1.70. The van der Waals surface area contributed by atoms with Gasteiger partial charge in [-0.05, 0) is 36.6 Å². The van der Waals surface area contributed by atoms with E-state index in [0.717, 1.165) is 35.5 Å². The van der Waals surface area contributed by atoms with Crippen LogP contribution in [-0.2, 0) is 12.1 Å². The van der Waals surface area contributed by atoms with Crippen molar-refractivity contribution in [3.8, 4) is 11.5 Å². The number of amides is 1. The average Bonchev–Trinajstić information content (AvgIpc) is 3.36. The van der Waals surface area contributed by atoms with Crippen molar-refractivity contribution < 1.29 is 14.3 Å². The molecule has 0 unspecified atom stereocenters. The number of carbonyl (C=O) groups is 1. The molecule has 1 aliphatic carbocycles. The minimum absolute atomic E-state index is 0.0986. The Hall–Kier alpha value is -2.49. The van der Waals surface area contributed by atoms with Gasteiger partial charge in [-0.15, -0.1) is 0 Å². The molecule has 4 nitrogen and oxygen atoms in total. The number of methoxy groups -OCH3 is 2. The zero-order valence-corrected chi connectivity index (χ0v) is 13.3. The molecule has 1 spiro atoms. The van der Waals surface area contributed by atoms with Gasteiger partial charge in [0.2, 0.25) is 0 Å². The van der Waals surface area contributed by atoms with Crippen LogP contribution in [0, 0.1) is 0 Å². The maximum absolute atomic E-state index is 12.8. The van der Waals surface area contributed by atoms with E-state index in [-0.39, 0.29) is 11.4 Å². The molecular weight excluding hydrogens is 290 g/mol. The lowest BCUT2D eigenvalue weighted by Gasteiger charge is -2.26. The van der Waals surface area contributed by atoms with Gasteiger partial charge >= 0.3 is 0 Å². The molecule has 0 saturated heterocycles. The maximum Gasteiger partial charge on any atom is 0.255 e. The predicted molar refractivity (Wildman–Crippen MR) is 86.8 cm³/mol. The maximum atomic E-state index is 12.8. The van der Waals surface area contributed by atoms with Crippen molar-refractivity contribution in [3.63, 3.8) is 0 Å². The quantitative estimate of drug-likeness (QED) is 0.869. The summed E-state index contributed by atoms with van der Waals surface area (Å²) in [5, 5.41) is 0. The van der Waals surface area contributed by atoms with Gasteiger partial charge in [0.15, 0.2) is 0 Å². The highest BCUT2D eigenvalue weighted by Crippen LogP contribution is 2.57. The summed E-state index contributed by atoms with van der Waals surface area (Å²) in [5.74, 6) is 1.63. The van der Waals surface area contributed by atoms with Crippen LogP contribution in [0.25, 0.3) is 0 Å². The molecule has 4 heteroatoms. The fourth-order valence-corrected chi connectivity index (χ4v) is 3.59. The van der Waals surface area contributed by atoms with Gasteiger partial charge in [-0.3, -0.25) is 4.79 Å². The Morgan fingerprint density at radius 1 is 1.09 bits per heavy atom. The Kier molecular flexibility index (Phi) is 3.08. The summed E-state index contributed by atoms with van der Waals surface area (Å²) < 4.78 is 10.7. The SMILES string of the molecule is COc1ccc(CN2C(=O)c3ccccc3C23CC3)c(OC)c1. The topological polar surface area (TPSA) is 38.8 Å². The summed E-state index contributed by atoms with van der Waals surface area (Å²) in [6, 6.07) is 13.7. The van der Waals surface area contributed by atoms with E-state index >= 15 is 0 Å². The highest BCUT2D eigenvalue weighted by atomic mass is 16.5. The molecule has 118 valence electrons. The van der Waals surface area contributed by atoms with Crippen molar-refractivity contribution in [2.75, 3.05) is 14.2 Å². The largest absolute Gasteiger partial charge is 0.497 e. The lowest BCUT2D eigenvalue weighted by atomic mass is 10.0. The third-order valence-electron chi connectivity index (χ3n) is 4.97. The molecule has 0 atom stereocenters. The summed E-state index contributed by atoms with van der Waals surface area (Å²) in [7, 11) is 3.28. The number of fused-ring (bicyclic) bond motifs is 2. The number of ether oxygens (including phenoxy) is 2. The van der Waals surface area contributed by atoms with E-state index in [1.165, 1.54) is 5.56 Å². The van der Waals surface area contributed by atoms with Crippen LogP contribution in [0.3, 0.4) is 0 Å². The van der Waals surface area contributed by atoms with Crippen LogP contribution in [0.4, 0.5) is 0 Å². The van der Waals surface area contributed by atoms with Crippen molar-refractivity contribution in [2.24, 2.45) is 0 Å². The van der Waals surface area contributed by atoms with Crippen LogP contribution >= 0.6 is 0 Å². The first kappa shape index (κ1) is 14.1. The summed E-state index contributed by atoms with van der Waals surface area (Å²) in [6.07, 6.45) is 2.07. The summed E-state index contributed by atoms with van der Waals surface area (Å²) in [5.41, 5.74) is 2.93. The molecule has 1 fully saturated rings. The molecule has 2 aromatic rings. The van der Waals surface area contributed by atoms with Crippen LogP contribution in [0.1, 0.15) is 34.3 Å². The van der Waals surface area contributed by atoms with Crippen molar-refractivity contribution in [2.45, 2.75) is 24.9 Å². The molecule has 0 bridgehead atoms. The number of hydrogen-bond donors (Lipinski definition) is 0. The molecule has 0 N–H and O–H groups in total. The van der Waals surface area contributed by atoms with Gasteiger partial charge in [-0.25, -0.2) is 0 Å². The lowest BCUT2D eigenvalue weighted by molar-refractivity contribution is 0.0682. The van der Waals surface area contributed by atoms with E-state index in [0.29, 0.717) is 6.54 Å². The number of hydrogen-bond acceptors (Lipinski definition) is 3. The van der Waals surface area contributed by atoms with Crippen molar-refractivity contribution in [3.05, 3.63) is 59.2 Å². The van der Waals surface area contributed by atoms with Crippen LogP contribution in [0.5, 0.6) is 11.5 Å². The first-order valence-corrected chi connectivity index (χ1v) is 7.82. The monoisotopic (exact) mass is 309 g/mol. The van der Waals surface area contributed by atoms with E-state index in [9.17, 15) is 4.79 Å². The smallest absolute Gasteiger partial charge is 0.255 e. The van der Waals surface area contributed by atoms with Crippen LogP contribution in [-0.4, -0.2) is 25.0 Å². The van der Waals surface area contributed by atoms with E-state index < -0.39 is 0 Å². The number of carbonyl (C=O) groups excluding carboxylic acids is 1. The van der Waals surface area contributed by atoms with Crippen LogP contribution in [0.2, 0.25) is 0 Å². The van der Waals surface area contributed by atoms with Gasteiger partial charge in [0.25, 0.3) is 5.91 Å². The second kappa shape index (κ2) is 5.01. The Bertz CT molecular complexity index is 780. The van der Waals surface area contributed by atoms with Gasteiger partial charge in [0, 0.05) is 17.2 Å². The second-order valence-electron chi connectivity index (χ2n) is 6.15. The third-order valence-corrected chi connectivity index (χ3v) is 4.97. The molecule has 2 aliphatic rings. The molecule has 23 heavy (non-hydrogen) atoms. The second-order valence-corrected chi connectivity index (χ2v) is 6.15. The minimum atomic E-state index is -0.0986. The standard InChI is InChI=1S/C19H19NO3/c1-22-14-8-7-13(17(11-14)23-2)12-20-18(21)15-5-3-4-6-16(15)19(20)9-10-19/h3-8,11H,9-10,12H2,1-2H3. The Labute approximate surface area is 135 Å². The zero-order chi connectivity index (χ0) is 16.0. The van der Waals surface area contributed by atoms with Gasteiger partial charge < -0.3 is 14.4 Å². The van der Waals surface area contributed by atoms with Crippen molar-refractivity contribution in [1.29, 1.82) is 0 Å². The number of rotatable bonds is 4. The van der Waals surface area contributed by atoms with E-state index in [2.05, 4.69) is 6.07 Å². The van der Waals surface area contributed by atoms with Crippen molar-refractivity contribution >= 4 is 5.91 Å². The van der Waals surface area contributed by atoms with Gasteiger partial charge in [0.05, 0.1) is 26.3 Å².